The molecule has 0 atom stereocenters. The van der Waals surface area contributed by atoms with E-state index in [0.29, 0.717) is 24.0 Å². The monoisotopic (exact) mass is 400 g/mol. The van der Waals surface area contributed by atoms with Crippen molar-refractivity contribution in [3.63, 3.8) is 0 Å². The van der Waals surface area contributed by atoms with Gasteiger partial charge in [0.2, 0.25) is 0 Å². The van der Waals surface area contributed by atoms with Gasteiger partial charge in [-0.1, -0.05) is 0 Å². The lowest BCUT2D eigenvalue weighted by molar-refractivity contribution is 0.0117. The summed E-state index contributed by atoms with van der Waals surface area (Å²) in [6, 6.07) is 6.79. The molecule has 1 amide bonds. The summed E-state index contributed by atoms with van der Waals surface area (Å²) in [5.74, 6) is 0.832. The number of nitrogens with zero attached hydrogens (tertiary/aromatic N) is 3. The molecule has 2 fully saturated rings. The lowest BCUT2D eigenvalue weighted by Gasteiger charge is -2.47. The van der Waals surface area contributed by atoms with Crippen molar-refractivity contribution < 1.29 is 13.9 Å². The minimum Gasteiger partial charge on any atom is -0.493 e. The third kappa shape index (κ3) is 4.61. The maximum absolute atomic E-state index is 13.2. The number of aryl methyl sites for hydroxylation is 1. The molecule has 156 valence electrons. The van der Waals surface area contributed by atoms with Crippen molar-refractivity contribution in [2.75, 3.05) is 6.61 Å². The van der Waals surface area contributed by atoms with E-state index in [-0.39, 0.29) is 29.8 Å². The second-order valence-corrected chi connectivity index (χ2v) is 8.46. The quantitative estimate of drug-likeness (QED) is 0.809. The Bertz CT molecular complexity index is 824. The van der Waals surface area contributed by atoms with Crippen molar-refractivity contribution in [1.82, 2.24) is 14.5 Å². The minimum absolute atomic E-state index is 0.0222. The van der Waals surface area contributed by atoms with Crippen molar-refractivity contribution in [2.45, 2.75) is 56.7 Å². The molecule has 0 saturated heterocycles. The van der Waals surface area contributed by atoms with Gasteiger partial charge in [0.25, 0.3) is 5.91 Å². The van der Waals surface area contributed by atoms with Gasteiger partial charge in [-0.3, -0.25) is 4.79 Å². The Morgan fingerprint density at radius 1 is 1.21 bits per heavy atom. The standard InChI is InChI=1S/C22H29FN4O2/c1-26-12-21(25-14-26)22(28)27(18-6-4-17(24)5-7-18)19-10-15(11-19)13-29-20-8-2-16(23)3-9-20/h2-3,8-9,12,14-15,17-19H,4-7,10-11,13,24H2,1H3. The predicted molar refractivity (Wildman–Crippen MR) is 108 cm³/mol. The number of halogens is 1. The van der Waals surface area contributed by atoms with Crippen LogP contribution in [0.2, 0.25) is 0 Å². The van der Waals surface area contributed by atoms with Crippen LogP contribution in [-0.4, -0.2) is 45.1 Å². The Labute approximate surface area is 170 Å². The summed E-state index contributed by atoms with van der Waals surface area (Å²) < 4.78 is 20.6. The van der Waals surface area contributed by atoms with Crippen molar-refractivity contribution in [1.29, 1.82) is 0 Å². The van der Waals surface area contributed by atoms with Crippen LogP contribution < -0.4 is 10.5 Å². The summed E-state index contributed by atoms with van der Waals surface area (Å²) in [5, 5.41) is 0. The van der Waals surface area contributed by atoms with Crippen LogP contribution in [0.4, 0.5) is 4.39 Å². The largest absolute Gasteiger partial charge is 0.493 e. The van der Waals surface area contributed by atoms with Gasteiger partial charge in [0.1, 0.15) is 17.3 Å². The maximum Gasteiger partial charge on any atom is 0.274 e. The molecule has 2 aliphatic rings. The number of benzene rings is 1. The molecule has 0 aliphatic heterocycles. The topological polar surface area (TPSA) is 73.4 Å². The summed E-state index contributed by atoms with van der Waals surface area (Å²) in [4.78, 5) is 19.6. The van der Waals surface area contributed by atoms with E-state index in [4.69, 9.17) is 10.5 Å². The number of carbonyl (C=O) groups is 1. The van der Waals surface area contributed by atoms with E-state index in [1.54, 1.807) is 24.7 Å². The van der Waals surface area contributed by atoms with Gasteiger partial charge in [0.15, 0.2) is 0 Å². The molecule has 6 nitrogen and oxygen atoms in total. The highest BCUT2D eigenvalue weighted by atomic mass is 19.1. The van der Waals surface area contributed by atoms with Crippen molar-refractivity contribution >= 4 is 5.91 Å². The highest BCUT2D eigenvalue weighted by Crippen LogP contribution is 2.37. The number of hydrogen-bond acceptors (Lipinski definition) is 4. The molecule has 1 aromatic carbocycles. The second-order valence-electron chi connectivity index (χ2n) is 8.46. The second kappa shape index (κ2) is 8.53. The fourth-order valence-electron chi connectivity index (χ4n) is 4.47. The smallest absolute Gasteiger partial charge is 0.274 e. The highest BCUT2D eigenvalue weighted by molar-refractivity contribution is 5.92. The molecule has 2 N–H and O–H groups in total. The van der Waals surface area contributed by atoms with E-state index >= 15 is 0 Å². The van der Waals surface area contributed by atoms with Crippen molar-refractivity contribution in [2.24, 2.45) is 18.7 Å². The molecule has 7 heteroatoms. The van der Waals surface area contributed by atoms with Gasteiger partial charge in [-0.05, 0) is 68.7 Å². The lowest BCUT2D eigenvalue weighted by atomic mass is 9.77. The van der Waals surface area contributed by atoms with Crippen LogP contribution in [0.5, 0.6) is 5.75 Å². The Kier molecular flexibility index (Phi) is 5.85. The summed E-state index contributed by atoms with van der Waals surface area (Å²) in [7, 11) is 1.87. The Balaban J connectivity index is 1.38. The third-order valence-electron chi connectivity index (χ3n) is 6.20. The first-order valence-corrected chi connectivity index (χ1v) is 10.4. The van der Waals surface area contributed by atoms with Gasteiger partial charge >= 0.3 is 0 Å². The number of nitrogens with two attached hydrogens (primary N) is 1. The molecule has 0 radical (unpaired) electrons. The van der Waals surface area contributed by atoms with Crippen LogP contribution >= 0.6 is 0 Å². The average Bonchev–Trinajstić information content (AvgIpc) is 3.12. The molecule has 1 aromatic heterocycles. The molecule has 29 heavy (non-hydrogen) atoms. The maximum atomic E-state index is 13.2. The zero-order valence-corrected chi connectivity index (χ0v) is 16.8. The molecule has 4 rings (SSSR count). The summed E-state index contributed by atoms with van der Waals surface area (Å²) in [5.41, 5.74) is 6.59. The number of aromatic nitrogens is 2. The molecule has 1 heterocycles. The average molecular weight is 400 g/mol. The highest BCUT2D eigenvalue weighted by Gasteiger charge is 2.41. The first kappa shape index (κ1) is 19.9. The van der Waals surface area contributed by atoms with E-state index in [2.05, 4.69) is 9.88 Å². The Morgan fingerprint density at radius 3 is 2.52 bits per heavy atom. The molecular weight excluding hydrogens is 371 g/mol. The summed E-state index contributed by atoms with van der Waals surface area (Å²) in [6.07, 6.45) is 9.12. The number of rotatable bonds is 6. The van der Waals surface area contributed by atoms with Crippen LogP contribution in [0.1, 0.15) is 49.0 Å². The number of carbonyl (C=O) groups excluding carboxylic acids is 1. The van der Waals surface area contributed by atoms with Crippen LogP contribution in [0.15, 0.2) is 36.8 Å². The van der Waals surface area contributed by atoms with E-state index in [1.165, 1.54) is 12.1 Å². The van der Waals surface area contributed by atoms with Gasteiger partial charge < -0.3 is 19.9 Å². The molecule has 2 aliphatic carbocycles. The molecule has 2 saturated carbocycles. The molecule has 0 spiro atoms. The minimum atomic E-state index is -0.267. The van der Waals surface area contributed by atoms with Gasteiger partial charge in [-0.15, -0.1) is 0 Å². The molecule has 2 aromatic rings. The van der Waals surface area contributed by atoms with Gasteiger partial charge in [0.05, 0.1) is 12.9 Å². The molecular formula is C22H29FN4O2. The summed E-state index contributed by atoms with van der Waals surface area (Å²) >= 11 is 0. The van der Waals surface area contributed by atoms with Crippen LogP contribution in [0.3, 0.4) is 0 Å². The van der Waals surface area contributed by atoms with Crippen LogP contribution in [0, 0.1) is 11.7 Å². The summed E-state index contributed by atoms with van der Waals surface area (Å²) in [6.45, 7) is 0.587. The number of amides is 1. The van der Waals surface area contributed by atoms with Gasteiger partial charge in [-0.25, -0.2) is 9.37 Å². The number of ether oxygens (including phenoxy) is 1. The van der Waals surface area contributed by atoms with Gasteiger partial charge in [-0.2, -0.15) is 0 Å². The fraction of sp³-hybridized carbons (Fsp3) is 0.545. The Hall–Kier alpha value is -2.41. The number of hydrogen-bond donors (Lipinski definition) is 1. The van der Waals surface area contributed by atoms with Gasteiger partial charge in [0, 0.05) is 31.4 Å². The van der Waals surface area contributed by atoms with Crippen LogP contribution in [-0.2, 0) is 7.05 Å². The first-order valence-electron chi connectivity index (χ1n) is 10.4. The first-order chi connectivity index (χ1) is 14.0. The molecule has 0 bridgehead atoms. The normalized spacial score (nSPS) is 26.6. The zero-order valence-electron chi connectivity index (χ0n) is 16.8. The predicted octanol–water partition coefficient (Wildman–Crippen LogP) is 3.13. The van der Waals surface area contributed by atoms with E-state index in [9.17, 15) is 9.18 Å². The van der Waals surface area contributed by atoms with Crippen LogP contribution in [0.25, 0.3) is 0 Å². The number of imidazole rings is 1. The van der Waals surface area contributed by atoms with E-state index in [1.807, 2.05) is 11.6 Å². The van der Waals surface area contributed by atoms with Crippen molar-refractivity contribution in [3.8, 4) is 5.75 Å². The fourth-order valence-corrected chi connectivity index (χ4v) is 4.47. The van der Waals surface area contributed by atoms with Crippen molar-refractivity contribution in [3.05, 3.63) is 48.3 Å². The lowest BCUT2D eigenvalue weighted by Crippen LogP contribution is -2.55. The zero-order chi connectivity index (χ0) is 20.4. The van der Waals surface area contributed by atoms with E-state index in [0.717, 1.165) is 38.5 Å². The third-order valence-corrected chi connectivity index (χ3v) is 6.20. The Morgan fingerprint density at radius 2 is 1.90 bits per heavy atom. The van der Waals surface area contributed by atoms with E-state index < -0.39 is 0 Å². The SMILES string of the molecule is Cn1cnc(C(=O)N(C2CCC(N)CC2)C2CC(COc3ccc(F)cc3)C2)c1. The molecule has 0 unspecified atom stereocenters.